The highest BCUT2D eigenvalue weighted by Gasteiger charge is 2.30. The zero-order valence-electron chi connectivity index (χ0n) is 24.3. The van der Waals surface area contributed by atoms with E-state index in [1.807, 2.05) is 18.3 Å². The first-order chi connectivity index (χ1) is 19.6. The van der Waals surface area contributed by atoms with Crippen LogP contribution in [0.4, 0.5) is 5.69 Å². The maximum atomic E-state index is 12.2. The van der Waals surface area contributed by atoms with E-state index in [2.05, 4.69) is 53.4 Å². The first-order valence-corrected chi connectivity index (χ1v) is 14.9. The molecule has 220 valence electrons. The molecule has 2 aliphatic heterocycles. The number of carbonyl (C=O) groups is 3. The Hall–Kier alpha value is -3.57. The number of amides is 3. The van der Waals surface area contributed by atoms with Crippen molar-refractivity contribution in [3.8, 4) is 5.88 Å². The van der Waals surface area contributed by atoms with Crippen LogP contribution in [0.5, 0.6) is 5.88 Å². The molecule has 5 rings (SSSR count). The average Bonchev–Trinajstić information content (AvgIpc) is 3.36. The Morgan fingerprint density at radius 1 is 1.20 bits per heavy atom. The molecule has 1 unspecified atom stereocenters. The minimum Gasteiger partial charge on any atom is -0.480 e. The smallest absolute Gasteiger partial charge is 0.313 e. The van der Waals surface area contributed by atoms with Crippen molar-refractivity contribution in [3.63, 3.8) is 0 Å². The highest BCUT2D eigenvalue weighted by molar-refractivity contribution is 7.18. The summed E-state index contributed by atoms with van der Waals surface area (Å²) in [5, 5.41) is 3.75. The predicted molar refractivity (Wildman–Crippen MR) is 161 cm³/mol. The number of thiazole rings is 1. The van der Waals surface area contributed by atoms with E-state index in [1.165, 1.54) is 59.9 Å². The van der Waals surface area contributed by atoms with Crippen molar-refractivity contribution < 1.29 is 19.1 Å². The van der Waals surface area contributed by atoms with Crippen molar-refractivity contribution in [1.29, 1.82) is 0 Å². The van der Waals surface area contributed by atoms with E-state index >= 15 is 0 Å². The van der Waals surface area contributed by atoms with Gasteiger partial charge in [0, 0.05) is 19.5 Å². The molecule has 0 bridgehead atoms. The van der Waals surface area contributed by atoms with E-state index in [0.29, 0.717) is 24.4 Å². The lowest BCUT2D eigenvalue weighted by atomic mass is 9.78. The third-order valence-electron chi connectivity index (χ3n) is 7.82. The van der Waals surface area contributed by atoms with Crippen molar-refractivity contribution in [2.45, 2.75) is 46.0 Å². The molecule has 10 nitrogen and oxygen atoms in total. The number of hydrogen-bond donors (Lipinski definition) is 2. The summed E-state index contributed by atoms with van der Waals surface area (Å²) in [5.41, 5.74) is 7.08. The van der Waals surface area contributed by atoms with Gasteiger partial charge < -0.3 is 25.6 Å². The number of nitrogens with two attached hydrogens (primary N) is 1. The number of carbonyl (C=O) groups excluding carboxylic acids is 3. The summed E-state index contributed by atoms with van der Waals surface area (Å²) in [6, 6.07) is 9.79. The number of fused-ring (bicyclic) bond motifs is 1. The van der Waals surface area contributed by atoms with Gasteiger partial charge in [0.15, 0.2) is 0 Å². The molecule has 4 heterocycles. The second-order valence-corrected chi connectivity index (χ2v) is 12.6. The number of benzene rings is 1. The van der Waals surface area contributed by atoms with E-state index in [1.54, 1.807) is 0 Å². The van der Waals surface area contributed by atoms with E-state index < -0.39 is 17.7 Å². The number of para-hydroxylation sites is 1. The maximum absolute atomic E-state index is 12.2. The second kappa shape index (κ2) is 13.4. The Kier molecular flexibility index (Phi) is 9.93. The summed E-state index contributed by atoms with van der Waals surface area (Å²) >= 11 is 1.87. The molecule has 3 amide bonds. The predicted octanol–water partition coefficient (Wildman–Crippen LogP) is 3.96. The summed E-state index contributed by atoms with van der Waals surface area (Å²) < 4.78 is 6.24. The van der Waals surface area contributed by atoms with Gasteiger partial charge in [-0.05, 0) is 75.4 Å². The zero-order valence-corrected chi connectivity index (χ0v) is 25.1. The fraction of sp³-hybridized carbons (Fsp3) is 0.500. The highest BCUT2D eigenvalue weighted by Crippen LogP contribution is 2.36. The molecule has 2 aliphatic rings. The number of primary amides is 1. The standard InChI is InChI=1S/C15H20N4O4.C15H20N2S/c1-9-4-3-5-19(8-9)15(22)13(21)18-10-6-11(12(16)20)14(23-2)17-7-10;1-15(7-9-17(2)10-8-15)11-14-16-12-5-3-4-6-13(12)18-14/h6-7,9H,3-5,8H2,1-2H3,(H2,16,20)(H,18,21);3-6H,7-11H2,1-2H3. The number of aromatic nitrogens is 2. The molecule has 1 atom stereocenters. The van der Waals surface area contributed by atoms with Crippen LogP contribution in [-0.4, -0.2) is 77.8 Å². The van der Waals surface area contributed by atoms with Gasteiger partial charge in [0.1, 0.15) is 5.56 Å². The van der Waals surface area contributed by atoms with Crippen LogP contribution in [-0.2, 0) is 16.0 Å². The number of anilines is 1. The molecule has 11 heteroatoms. The Bertz CT molecular complexity index is 1350. The average molecular weight is 581 g/mol. The summed E-state index contributed by atoms with van der Waals surface area (Å²) in [5.74, 6) is -1.65. The van der Waals surface area contributed by atoms with Gasteiger partial charge in [-0.2, -0.15) is 0 Å². The monoisotopic (exact) mass is 580 g/mol. The highest BCUT2D eigenvalue weighted by atomic mass is 32.1. The Morgan fingerprint density at radius 3 is 2.59 bits per heavy atom. The lowest BCUT2D eigenvalue weighted by Crippen LogP contribution is -2.44. The number of likely N-dealkylation sites (tertiary alicyclic amines) is 2. The van der Waals surface area contributed by atoms with Crippen LogP contribution < -0.4 is 15.8 Å². The largest absolute Gasteiger partial charge is 0.480 e. The Morgan fingerprint density at radius 2 is 1.93 bits per heavy atom. The number of methoxy groups -OCH3 is 1. The molecule has 3 aromatic rings. The lowest BCUT2D eigenvalue weighted by molar-refractivity contribution is -0.144. The van der Waals surface area contributed by atoms with E-state index in [-0.39, 0.29) is 17.1 Å². The van der Waals surface area contributed by atoms with E-state index in [9.17, 15) is 14.4 Å². The summed E-state index contributed by atoms with van der Waals surface area (Å²) in [4.78, 5) is 48.2. The molecule has 0 saturated carbocycles. The topological polar surface area (TPSA) is 131 Å². The van der Waals surface area contributed by atoms with E-state index in [4.69, 9.17) is 15.5 Å². The fourth-order valence-electron chi connectivity index (χ4n) is 5.26. The number of rotatable bonds is 5. The summed E-state index contributed by atoms with van der Waals surface area (Å²) in [6.07, 6.45) is 6.96. The molecule has 1 aromatic carbocycles. The minimum atomic E-state index is -0.763. The van der Waals surface area contributed by atoms with Crippen LogP contribution in [0.15, 0.2) is 36.5 Å². The van der Waals surface area contributed by atoms with Crippen LogP contribution in [0.25, 0.3) is 10.2 Å². The molecule has 2 aromatic heterocycles. The van der Waals surface area contributed by atoms with Crippen LogP contribution in [0.1, 0.15) is 54.9 Å². The van der Waals surface area contributed by atoms with Crippen LogP contribution in [0, 0.1) is 11.3 Å². The number of pyridine rings is 1. The number of ether oxygens (including phenoxy) is 1. The maximum Gasteiger partial charge on any atom is 0.313 e. The van der Waals surface area contributed by atoms with Crippen molar-refractivity contribution in [3.05, 3.63) is 47.1 Å². The number of piperidine rings is 2. The minimum absolute atomic E-state index is 0.0318. The third-order valence-corrected chi connectivity index (χ3v) is 8.85. The van der Waals surface area contributed by atoms with E-state index in [0.717, 1.165) is 24.8 Å². The third kappa shape index (κ3) is 8.01. The van der Waals surface area contributed by atoms with Gasteiger partial charge in [0.25, 0.3) is 5.91 Å². The van der Waals surface area contributed by atoms with Crippen molar-refractivity contribution >= 4 is 45.0 Å². The zero-order chi connectivity index (χ0) is 29.6. The van der Waals surface area contributed by atoms with Gasteiger partial charge in [0.05, 0.1) is 34.2 Å². The molecule has 0 spiro atoms. The van der Waals surface area contributed by atoms with Crippen molar-refractivity contribution in [2.24, 2.45) is 17.1 Å². The van der Waals surface area contributed by atoms with Crippen molar-refractivity contribution in [1.82, 2.24) is 19.8 Å². The lowest BCUT2D eigenvalue weighted by Gasteiger charge is -2.37. The molecule has 2 saturated heterocycles. The van der Waals surface area contributed by atoms with Gasteiger partial charge in [-0.15, -0.1) is 11.3 Å². The van der Waals surface area contributed by atoms with Gasteiger partial charge in [-0.1, -0.05) is 26.0 Å². The fourth-order valence-corrected chi connectivity index (χ4v) is 6.44. The molecule has 3 N–H and O–H groups in total. The summed E-state index contributed by atoms with van der Waals surface area (Å²) in [6.45, 7) is 8.06. The molecule has 0 aliphatic carbocycles. The van der Waals surface area contributed by atoms with Gasteiger partial charge in [-0.3, -0.25) is 14.4 Å². The normalized spacial score (nSPS) is 18.7. The van der Waals surface area contributed by atoms with Crippen LogP contribution >= 0.6 is 11.3 Å². The van der Waals surface area contributed by atoms with Gasteiger partial charge in [-0.25, -0.2) is 9.97 Å². The van der Waals surface area contributed by atoms with Crippen LogP contribution in [0.3, 0.4) is 0 Å². The molecule has 41 heavy (non-hydrogen) atoms. The van der Waals surface area contributed by atoms with Crippen molar-refractivity contribution in [2.75, 3.05) is 45.7 Å². The summed E-state index contributed by atoms with van der Waals surface area (Å²) in [7, 11) is 3.57. The number of nitrogens with zero attached hydrogens (tertiary/aromatic N) is 4. The van der Waals surface area contributed by atoms with Crippen LogP contribution in [0.2, 0.25) is 0 Å². The first kappa shape index (κ1) is 30.4. The Balaban J connectivity index is 0.000000194. The van der Waals surface area contributed by atoms with Gasteiger partial charge in [0.2, 0.25) is 5.88 Å². The Labute approximate surface area is 245 Å². The SMILES string of the molecule is CN1CCC(C)(Cc2nc3ccccc3s2)CC1.COc1ncc(NC(=O)C(=O)N2CCCC(C)C2)cc1C(N)=O. The molecule has 0 radical (unpaired) electrons. The van der Waals surface area contributed by atoms with Gasteiger partial charge >= 0.3 is 11.8 Å². The quantitative estimate of drug-likeness (QED) is 0.437. The number of nitrogens with one attached hydrogen (secondary N) is 1. The molecular weight excluding hydrogens is 540 g/mol. The molecular formula is C30H40N6O4S. The second-order valence-electron chi connectivity index (χ2n) is 11.5. The first-order valence-electron chi connectivity index (χ1n) is 14.0. The number of hydrogen-bond acceptors (Lipinski definition) is 8. The molecule has 2 fully saturated rings.